The Morgan fingerprint density at radius 1 is 1.06 bits per heavy atom. The molecular weight excluding hydrogens is 408 g/mol. The van der Waals surface area contributed by atoms with Crippen LogP contribution in [0.3, 0.4) is 0 Å². The summed E-state index contributed by atoms with van der Waals surface area (Å²) in [5, 5.41) is 3.49. The van der Waals surface area contributed by atoms with E-state index in [0.717, 1.165) is 70.9 Å². The fourth-order valence-corrected chi connectivity index (χ4v) is 3.97. The molecule has 6 nitrogen and oxygen atoms in total. The molecule has 172 valence electrons. The first-order chi connectivity index (χ1) is 15.9. The van der Waals surface area contributed by atoms with Crippen LogP contribution in [0.4, 0.5) is 5.82 Å². The molecule has 1 aliphatic carbocycles. The zero-order chi connectivity index (χ0) is 23.4. The van der Waals surface area contributed by atoms with Gasteiger partial charge >= 0.3 is 0 Å². The van der Waals surface area contributed by atoms with Gasteiger partial charge in [-0.2, -0.15) is 0 Å². The molecule has 3 aromatic rings. The molecule has 33 heavy (non-hydrogen) atoms. The minimum Gasteiger partial charge on any atom is -0.377 e. The van der Waals surface area contributed by atoms with E-state index in [-0.39, 0.29) is 1.43 Å². The van der Waals surface area contributed by atoms with Gasteiger partial charge in [-0.1, -0.05) is 18.7 Å². The van der Waals surface area contributed by atoms with E-state index >= 15 is 0 Å². The van der Waals surface area contributed by atoms with E-state index in [1.54, 1.807) is 12.4 Å². The Morgan fingerprint density at radius 2 is 1.85 bits per heavy atom. The number of nitrogens with one attached hydrogen (secondary N) is 1. The van der Waals surface area contributed by atoms with Gasteiger partial charge in [-0.15, -0.1) is 0 Å². The van der Waals surface area contributed by atoms with Gasteiger partial charge in [0.25, 0.3) is 0 Å². The Morgan fingerprint density at radius 3 is 2.61 bits per heavy atom. The summed E-state index contributed by atoms with van der Waals surface area (Å²) >= 11 is 0. The molecule has 0 fully saturated rings. The summed E-state index contributed by atoms with van der Waals surface area (Å²) in [5.41, 5.74) is 8.11. The molecule has 0 saturated carbocycles. The second kappa shape index (κ2) is 9.96. The Hall–Kier alpha value is -3.51. The number of pyridine rings is 1. The van der Waals surface area contributed by atoms with E-state index in [1.807, 2.05) is 31.2 Å². The van der Waals surface area contributed by atoms with Crippen LogP contribution in [0, 0.1) is 6.92 Å². The van der Waals surface area contributed by atoms with Gasteiger partial charge in [0.1, 0.15) is 5.82 Å². The molecule has 2 aromatic heterocycles. The molecule has 0 radical (unpaired) electrons. The molecule has 0 amide bonds. The fraction of sp³-hybridized carbons (Fsp3) is 0.296. The Kier molecular flexibility index (Phi) is 6.84. The van der Waals surface area contributed by atoms with Crippen molar-refractivity contribution in [3.05, 3.63) is 89.7 Å². The van der Waals surface area contributed by atoms with Crippen molar-refractivity contribution in [1.82, 2.24) is 24.8 Å². The van der Waals surface area contributed by atoms with Crippen LogP contribution >= 0.6 is 0 Å². The average molecular weight is 443 g/mol. The summed E-state index contributed by atoms with van der Waals surface area (Å²) in [5.74, 6) is 0.841. The summed E-state index contributed by atoms with van der Waals surface area (Å²) in [6.45, 7) is 8.41. The second-order valence-electron chi connectivity index (χ2n) is 8.75. The molecule has 0 unspecified atom stereocenters. The minimum atomic E-state index is 0. The van der Waals surface area contributed by atoms with Gasteiger partial charge in [0.15, 0.2) is 0 Å². The van der Waals surface area contributed by atoms with E-state index in [9.17, 15) is 0 Å². The highest BCUT2D eigenvalue weighted by Gasteiger charge is 2.13. The van der Waals surface area contributed by atoms with Gasteiger partial charge < -0.3 is 15.1 Å². The van der Waals surface area contributed by atoms with Crippen molar-refractivity contribution in [2.24, 2.45) is 0 Å². The molecule has 1 aliphatic rings. The summed E-state index contributed by atoms with van der Waals surface area (Å²) in [6.07, 6.45) is 9.98. The number of benzene rings is 1. The topological polar surface area (TPSA) is 57.2 Å². The molecule has 0 atom stereocenters. The van der Waals surface area contributed by atoms with Gasteiger partial charge in [-0.25, -0.2) is 4.98 Å². The number of fused-ring (bicyclic) bond motifs is 1. The predicted molar refractivity (Wildman–Crippen MR) is 139 cm³/mol. The van der Waals surface area contributed by atoms with Crippen molar-refractivity contribution in [3.63, 3.8) is 0 Å². The van der Waals surface area contributed by atoms with Crippen LogP contribution in [0.1, 0.15) is 31.1 Å². The van der Waals surface area contributed by atoms with Crippen molar-refractivity contribution in [3.8, 4) is 0 Å². The highest BCUT2D eigenvalue weighted by atomic mass is 15.2. The maximum Gasteiger partial charge on any atom is 0.130 e. The van der Waals surface area contributed by atoms with Gasteiger partial charge in [0.2, 0.25) is 0 Å². The summed E-state index contributed by atoms with van der Waals surface area (Å²) in [6, 6.07) is 10.2. The fourth-order valence-electron chi connectivity index (χ4n) is 3.97. The first-order valence-corrected chi connectivity index (χ1v) is 11.3. The van der Waals surface area contributed by atoms with Crippen LogP contribution < -0.4 is 5.32 Å². The van der Waals surface area contributed by atoms with Crippen LogP contribution in [0.25, 0.3) is 16.6 Å². The highest BCUT2D eigenvalue weighted by Crippen LogP contribution is 2.27. The second-order valence-corrected chi connectivity index (χ2v) is 8.75. The first-order valence-electron chi connectivity index (χ1n) is 11.3. The van der Waals surface area contributed by atoms with Crippen molar-refractivity contribution >= 4 is 22.4 Å². The smallest absolute Gasteiger partial charge is 0.130 e. The van der Waals surface area contributed by atoms with Crippen LogP contribution in [0.5, 0.6) is 0 Å². The Labute approximate surface area is 197 Å². The zero-order valence-corrected chi connectivity index (χ0v) is 20.0. The third kappa shape index (κ3) is 5.46. The van der Waals surface area contributed by atoms with Crippen LogP contribution in [-0.4, -0.2) is 59.0 Å². The normalized spacial score (nSPS) is 13.6. The number of allylic oxidation sites excluding steroid dienone is 3. The quantitative estimate of drug-likeness (QED) is 0.523. The molecule has 0 saturated heterocycles. The van der Waals surface area contributed by atoms with Crippen molar-refractivity contribution < 1.29 is 1.43 Å². The Balaban J connectivity index is 0.00000324. The molecular formula is C27H34N6. The predicted octanol–water partition coefficient (Wildman–Crippen LogP) is 5.11. The molecule has 0 bridgehead atoms. The van der Waals surface area contributed by atoms with Crippen LogP contribution in [0.2, 0.25) is 0 Å². The lowest BCUT2D eigenvalue weighted by Crippen LogP contribution is -2.29. The molecule has 0 spiro atoms. The molecule has 2 heterocycles. The maximum atomic E-state index is 4.82. The summed E-state index contributed by atoms with van der Waals surface area (Å²) in [7, 11) is 6.38. The lowest BCUT2D eigenvalue weighted by atomic mass is 9.98. The minimum absolute atomic E-state index is 0. The van der Waals surface area contributed by atoms with Gasteiger partial charge in [-0.05, 0) is 75.3 Å². The third-order valence-electron chi connectivity index (χ3n) is 5.96. The SMILES string of the molecule is C=C(c1ccc2nccnc2c1)c1ccc(NC2=CCCC(N(C)CCN(C)C)=C2)nc1C.[HH]. The number of aryl methyl sites for hydroxylation is 1. The number of likely N-dealkylation sites (N-methyl/N-ethyl adjacent to an activating group) is 2. The lowest BCUT2D eigenvalue weighted by Gasteiger charge is -2.27. The number of hydrogen-bond donors (Lipinski definition) is 1. The van der Waals surface area contributed by atoms with Gasteiger partial charge in [0, 0.05) is 56.6 Å². The molecule has 1 N–H and O–H groups in total. The van der Waals surface area contributed by atoms with Gasteiger partial charge in [-0.3, -0.25) is 9.97 Å². The molecule has 0 aliphatic heterocycles. The standard InChI is InChI=1S/C27H32N6.H2/c1-19(21-9-11-25-26(17-21)29-14-13-28-25)24-10-12-27(30-20(24)2)31-22-7-6-8-23(18-22)33(5)16-15-32(3)4;/h7,9-14,17-18H,1,6,8,15-16H2,2-5H3,(H,30,31);1H. The summed E-state index contributed by atoms with van der Waals surface area (Å²) in [4.78, 5) is 18.1. The third-order valence-corrected chi connectivity index (χ3v) is 5.96. The monoisotopic (exact) mass is 442 g/mol. The van der Waals surface area contributed by atoms with Gasteiger partial charge in [0.05, 0.1) is 11.0 Å². The number of hydrogen-bond acceptors (Lipinski definition) is 6. The van der Waals surface area contributed by atoms with Crippen molar-refractivity contribution in [2.75, 3.05) is 39.5 Å². The van der Waals surface area contributed by atoms with Crippen LogP contribution in [0.15, 0.2) is 72.9 Å². The zero-order valence-electron chi connectivity index (χ0n) is 20.0. The highest BCUT2D eigenvalue weighted by molar-refractivity contribution is 5.85. The number of aromatic nitrogens is 3. The average Bonchev–Trinajstić information content (AvgIpc) is 2.82. The Bertz CT molecular complexity index is 1230. The largest absolute Gasteiger partial charge is 0.377 e. The van der Waals surface area contributed by atoms with E-state index in [4.69, 9.17) is 4.98 Å². The summed E-state index contributed by atoms with van der Waals surface area (Å²) < 4.78 is 0. The lowest BCUT2D eigenvalue weighted by molar-refractivity contribution is 0.319. The maximum absolute atomic E-state index is 4.82. The molecule has 1 aromatic carbocycles. The molecule has 6 heteroatoms. The van der Waals surface area contributed by atoms with Crippen LogP contribution in [-0.2, 0) is 0 Å². The van der Waals surface area contributed by atoms with E-state index in [1.165, 1.54) is 5.70 Å². The number of nitrogens with zero attached hydrogens (tertiary/aromatic N) is 5. The van der Waals surface area contributed by atoms with E-state index < -0.39 is 0 Å². The van der Waals surface area contributed by atoms with E-state index in [0.29, 0.717) is 0 Å². The van der Waals surface area contributed by atoms with E-state index in [2.05, 4.69) is 71.0 Å². The molecule has 4 rings (SSSR count). The van der Waals surface area contributed by atoms with Crippen molar-refractivity contribution in [1.29, 1.82) is 0 Å². The first kappa shape index (κ1) is 22.7. The number of rotatable bonds is 8. The van der Waals surface area contributed by atoms with Crippen molar-refractivity contribution in [2.45, 2.75) is 19.8 Å². The number of anilines is 1.